The molecule has 6 heteroatoms. The number of hydrogen-bond acceptors (Lipinski definition) is 3. The molecule has 3 aromatic rings. The quantitative estimate of drug-likeness (QED) is 0.422. The van der Waals surface area contributed by atoms with Gasteiger partial charge in [-0.15, -0.1) is 0 Å². The largest absolute Gasteiger partial charge is 0.507 e. The average Bonchev–Trinajstić information content (AvgIpc) is 2.66. The van der Waals surface area contributed by atoms with Crippen LogP contribution < -0.4 is 5.43 Å². The van der Waals surface area contributed by atoms with Crippen LogP contribution in [0.15, 0.2) is 76.3 Å². The molecule has 0 aliphatic heterocycles. The number of hydrogen-bond donors (Lipinski definition) is 2. The average molecular weight is 444 g/mol. The second-order valence-corrected chi connectivity index (χ2v) is 7.19. The Morgan fingerprint density at radius 1 is 1.11 bits per heavy atom. The van der Waals surface area contributed by atoms with Crippen LogP contribution in [-0.4, -0.2) is 17.2 Å². The standard InChI is InChI=1S/C21H16BrClN2O2/c22-18-6-3-5-16(12-18)21(27)25-24-13-17-11-14(8-9-20(17)26)10-15-4-1-2-7-19(15)23/h1-9,11-13,26H,10H2,(H,25,27). The number of benzene rings is 3. The predicted octanol–water partition coefficient (Wildman–Crippen LogP) is 5.16. The number of phenols is 1. The number of carbonyl (C=O) groups excluding carboxylic acids is 1. The molecule has 3 rings (SSSR count). The van der Waals surface area contributed by atoms with Crippen LogP contribution in [0.3, 0.4) is 0 Å². The number of amides is 1. The number of halogens is 2. The Kier molecular flexibility index (Phi) is 6.27. The molecule has 0 unspecified atom stereocenters. The van der Waals surface area contributed by atoms with Crippen molar-refractivity contribution >= 4 is 39.7 Å². The fraction of sp³-hybridized carbons (Fsp3) is 0.0476. The topological polar surface area (TPSA) is 61.7 Å². The van der Waals surface area contributed by atoms with Crippen LogP contribution >= 0.6 is 27.5 Å². The van der Waals surface area contributed by atoms with E-state index in [1.807, 2.05) is 42.5 Å². The minimum absolute atomic E-state index is 0.0818. The maximum atomic E-state index is 12.1. The SMILES string of the molecule is O=C(NN=Cc1cc(Cc2ccccc2Cl)ccc1O)c1cccc(Br)c1. The molecule has 0 aliphatic carbocycles. The molecule has 3 aromatic carbocycles. The Morgan fingerprint density at radius 3 is 2.70 bits per heavy atom. The summed E-state index contributed by atoms with van der Waals surface area (Å²) < 4.78 is 0.809. The van der Waals surface area contributed by atoms with Gasteiger partial charge in [-0.05, 0) is 53.9 Å². The van der Waals surface area contributed by atoms with E-state index in [0.29, 0.717) is 22.6 Å². The highest BCUT2D eigenvalue weighted by atomic mass is 79.9. The normalized spacial score (nSPS) is 10.9. The van der Waals surface area contributed by atoms with Crippen LogP contribution in [0, 0.1) is 0 Å². The fourth-order valence-electron chi connectivity index (χ4n) is 2.53. The molecule has 0 saturated heterocycles. The van der Waals surface area contributed by atoms with Gasteiger partial charge in [0.15, 0.2) is 0 Å². The highest BCUT2D eigenvalue weighted by Crippen LogP contribution is 2.22. The zero-order chi connectivity index (χ0) is 19.2. The molecule has 136 valence electrons. The van der Waals surface area contributed by atoms with Gasteiger partial charge in [0.05, 0.1) is 6.21 Å². The molecule has 0 bridgehead atoms. The van der Waals surface area contributed by atoms with E-state index >= 15 is 0 Å². The van der Waals surface area contributed by atoms with E-state index in [1.54, 1.807) is 24.3 Å². The van der Waals surface area contributed by atoms with Crippen molar-refractivity contribution in [1.29, 1.82) is 0 Å². The number of nitrogens with one attached hydrogen (secondary N) is 1. The third-order valence-electron chi connectivity index (χ3n) is 3.90. The van der Waals surface area contributed by atoms with Gasteiger partial charge < -0.3 is 5.11 Å². The van der Waals surface area contributed by atoms with E-state index in [9.17, 15) is 9.90 Å². The highest BCUT2D eigenvalue weighted by molar-refractivity contribution is 9.10. The van der Waals surface area contributed by atoms with Crippen molar-refractivity contribution in [3.63, 3.8) is 0 Å². The van der Waals surface area contributed by atoms with Gasteiger partial charge in [0.25, 0.3) is 5.91 Å². The first-order chi connectivity index (χ1) is 13.0. The van der Waals surface area contributed by atoms with Gasteiger partial charge >= 0.3 is 0 Å². The summed E-state index contributed by atoms with van der Waals surface area (Å²) in [5.41, 5.74) is 5.42. The second-order valence-electron chi connectivity index (χ2n) is 5.87. The summed E-state index contributed by atoms with van der Waals surface area (Å²) in [5, 5.41) is 14.7. The molecule has 2 N–H and O–H groups in total. The van der Waals surface area contributed by atoms with Crippen molar-refractivity contribution < 1.29 is 9.90 Å². The smallest absolute Gasteiger partial charge is 0.271 e. The molecule has 0 fully saturated rings. The van der Waals surface area contributed by atoms with Gasteiger partial charge in [0.1, 0.15) is 5.75 Å². The van der Waals surface area contributed by atoms with Gasteiger partial charge in [-0.25, -0.2) is 5.43 Å². The monoisotopic (exact) mass is 442 g/mol. The Labute approximate surface area is 170 Å². The van der Waals surface area contributed by atoms with Crippen molar-refractivity contribution in [3.8, 4) is 5.75 Å². The van der Waals surface area contributed by atoms with Gasteiger partial charge in [-0.2, -0.15) is 5.10 Å². The Bertz CT molecular complexity index is 1000. The van der Waals surface area contributed by atoms with Crippen LogP contribution in [0.5, 0.6) is 5.75 Å². The number of phenolic OH excluding ortho intramolecular Hbond substituents is 1. The first kappa shape index (κ1) is 19.1. The summed E-state index contributed by atoms with van der Waals surface area (Å²) in [7, 11) is 0. The summed E-state index contributed by atoms with van der Waals surface area (Å²) in [6, 6.07) is 19.9. The molecule has 4 nitrogen and oxygen atoms in total. The first-order valence-corrected chi connectivity index (χ1v) is 9.34. The van der Waals surface area contributed by atoms with Gasteiger partial charge in [0.2, 0.25) is 0 Å². The van der Waals surface area contributed by atoms with Crippen LogP contribution in [0.2, 0.25) is 5.02 Å². The molecule has 27 heavy (non-hydrogen) atoms. The number of hydrazone groups is 1. The fourth-order valence-corrected chi connectivity index (χ4v) is 3.14. The third-order valence-corrected chi connectivity index (χ3v) is 4.76. The van der Waals surface area contributed by atoms with Crippen molar-refractivity contribution in [2.75, 3.05) is 0 Å². The summed E-state index contributed by atoms with van der Waals surface area (Å²) >= 11 is 9.53. The molecule has 0 aliphatic rings. The summed E-state index contributed by atoms with van der Waals surface area (Å²) in [6.07, 6.45) is 2.05. The van der Waals surface area contributed by atoms with E-state index in [0.717, 1.165) is 15.6 Å². The number of rotatable bonds is 5. The minimum Gasteiger partial charge on any atom is -0.507 e. The van der Waals surface area contributed by atoms with E-state index in [-0.39, 0.29) is 11.7 Å². The molecule has 0 heterocycles. The maximum Gasteiger partial charge on any atom is 0.271 e. The van der Waals surface area contributed by atoms with Crippen LogP contribution in [0.25, 0.3) is 0 Å². The summed E-state index contributed by atoms with van der Waals surface area (Å²) in [6.45, 7) is 0. The molecule has 0 atom stereocenters. The van der Waals surface area contributed by atoms with Gasteiger partial charge in [-0.3, -0.25) is 4.79 Å². The lowest BCUT2D eigenvalue weighted by Crippen LogP contribution is -2.17. The van der Waals surface area contributed by atoms with Crippen molar-refractivity contribution in [1.82, 2.24) is 5.43 Å². The van der Waals surface area contributed by atoms with Crippen LogP contribution in [0.1, 0.15) is 27.0 Å². The zero-order valence-corrected chi connectivity index (χ0v) is 16.5. The summed E-state index contributed by atoms with van der Waals surface area (Å²) in [5.74, 6) is -0.252. The maximum absolute atomic E-state index is 12.1. The van der Waals surface area contributed by atoms with Gasteiger partial charge in [-0.1, -0.05) is 57.9 Å². The van der Waals surface area contributed by atoms with Crippen molar-refractivity contribution in [2.24, 2.45) is 5.10 Å². The number of nitrogens with zero attached hydrogens (tertiary/aromatic N) is 1. The van der Waals surface area contributed by atoms with E-state index in [2.05, 4.69) is 26.5 Å². The molecular weight excluding hydrogens is 428 g/mol. The van der Waals surface area contributed by atoms with Crippen molar-refractivity contribution in [2.45, 2.75) is 6.42 Å². The Hall–Kier alpha value is -2.63. The molecule has 0 saturated carbocycles. The van der Waals surface area contributed by atoms with E-state index in [1.165, 1.54) is 6.21 Å². The molecule has 0 radical (unpaired) electrons. The van der Waals surface area contributed by atoms with E-state index in [4.69, 9.17) is 11.6 Å². The third kappa shape index (κ3) is 5.18. The van der Waals surface area contributed by atoms with Crippen molar-refractivity contribution in [3.05, 3.63) is 98.5 Å². The molecular formula is C21H16BrClN2O2. The highest BCUT2D eigenvalue weighted by Gasteiger charge is 2.06. The van der Waals surface area contributed by atoms with Crippen LogP contribution in [0.4, 0.5) is 0 Å². The first-order valence-electron chi connectivity index (χ1n) is 8.17. The zero-order valence-electron chi connectivity index (χ0n) is 14.2. The lowest BCUT2D eigenvalue weighted by molar-refractivity contribution is 0.0955. The minimum atomic E-state index is -0.334. The summed E-state index contributed by atoms with van der Waals surface area (Å²) in [4.78, 5) is 12.1. The lowest BCUT2D eigenvalue weighted by atomic mass is 10.0. The Balaban J connectivity index is 1.72. The lowest BCUT2D eigenvalue weighted by Gasteiger charge is -2.07. The van der Waals surface area contributed by atoms with E-state index < -0.39 is 0 Å². The second kappa shape index (κ2) is 8.84. The van der Waals surface area contributed by atoms with Gasteiger partial charge in [0, 0.05) is 20.6 Å². The predicted molar refractivity (Wildman–Crippen MR) is 112 cm³/mol. The Morgan fingerprint density at radius 2 is 1.93 bits per heavy atom. The molecule has 0 spiro atoms. The number of aromatic hydroxyl groups is 1. The molecule has 0 aromatic heterocycles. The molecule has 1 amide bonds. The number of carbonyl (C=O) groups is 1. The van der Waals surface area contributed by atoms with Crippen LogP contribution in [-0.2, 0) is 6.42 Å².